The van der Waals surface area contributed by atoms with Gasteiger partial charge in [0.25, 0.3) is 11.8 Å². The molecule has 4 aliphatic carbocycles. The molecule has 3 amide bonds. The van der Waals surface area contributed by atoms with Crippen molar-refractivity contribution in [2.45, 2.75) is 234 Å². The fourth-order valence-corrected chi connectivity index (χ4v) is 13.8. The Balaban J connectivity index is 0.000000189. The molecule has 16 nitrogen and oxygen atoms in total. The highest BCUT2D eigenvalue weighted by molar-refractivity contribution is 5.77. The van der Waals surface area contributed by atoms with E-state index in [0.29, 0.717) is 126 Å². The largest absolute Gasteiger partial charge is 0.445 e. The van der Waals surface area contributed by atoms with Crippen molar-refractivity contribution in [3.8, 4) is 0 Å². The van der Waals surface area contributed by atoms with Crippen LogP contribution >= 0.6 is 0 Å². The number of aromatic nitrogens is 4. The van der Waals surface area contributed by atoms with Crippen LogP contribution in [0.1, 0.15) is 185 Å². The smallest absolute Gasteiger partial charge is 0.410 e. The van der Waals surface area contributed by atoms with Crippen molar-refractivity contribution in [1.82, 2.24) is 50.1 Å². The second-order valence-electron chi connectivity index (χ2n) is 26.3. The van der Waals surface area contributed by atoms with Gasteiger partial charge in [0.05, 0.1) is 17.8 Å². The summed E-state index contributed by atoms with van der Waals surface area (Å²) in [5.74, 6) is -7.65. The summed E-state index contributed by atoms with van der Waals surface area (Å²) in [6.07, 6.45) is 3.22. The number of rotatable bonds is 16. The van der Waals surface area contributed by atoms with Crippen LogP contribution in [0.15, 0.2) is 39.4 Å². The molecule has 0 unspecified atom stereocenters. The first kappa shape index (κ1) is 60.3. The lowest BCUT2D eigenvalue weighted by Crippen LogP contribution is -2.58. The molecule has 10 atom stereocenters. The number of hydrogen-bond acceptors (Lipinski definition) is 13. The monoisotopic (exact) mass is 1160 g/mol. The van der Waals surface area contributed by atoms with Gasteiger partial charge in [-0.3, -0.25) is 19.4 Å². The van der Waals surface area contributed by atoms with E-state index in [2.05, 4.69) is 63.1 Å². The van der Waals surface area contributed by atoms with Crippen LogP contribution in [0.4, 0.5) is 31.1 Å². The standard InChI is InChI=1S/C34H46F3N5O4.C26H40F3N5O2/c1-22(2)41-15-11-24(20-41)42(32(44)45-21-23-8-5-4-6-9-23)28-10-7-12-34(36,37)26(28)19-29(43)40-16-13-33(3,14-17-40)31-38-30(46-39-31)25-18-27(25)35;1-16(2)34-10-6-17(15-34)30-21-5-4-7-26(28,29)19(21)14-22(35)33-11-8-25(3,9-12-33)24-31-23(36-32-24)18-13-20(18)27/h4-6,8-9,22,24-28H,7,10-21H2,1-3H3;16-21,30H,4-15H2,1-3H3/t24-,25+,26+,27-,28-;17-,18+,19+,20-,21-/m00/s1. The number of piperidine rings is 2. The van der Waals surface area contributed by atoms with E-state index >= 15 is 17.6 Å². The van der Waals surface area contributed by atoms with Gasteiger partial charge in [0.2, 0.25) is 23.6 Å². The fourth-order valence-electron chi connectivity index (χ4n) is 13.8. The van der Waals surface area contributed by atoms with Crippen LogP contribution in [-0.2, 0) is 31.8 Å². The molecule has 4 aliphatic heterocycles. The lowest BCUT2D eigenvalue weighted by Gasteiger charge is -2.46. The van der Waals surface area contributed by atoms with E-state index in [1.165, 1.54) is 0 Å². The number of nitrogens with one attached hydrogen (secondary N) is 1. The van der Waals surface area contributed by atoms with Crippen LogP contribution in [0.3, 0.4) is 0 Å². The summed E-state index contributed by atoms with van der Waals surface area (Å²) >= 11 is 0. The molecule has 6 heterocycles. The lowest BCUT2D eigenvalue weighted by atomic mass is 9.77. The predicted molar refractivity (Wildman–Crippen MR) is 293 cm³/mol. The van der Waals surface area contributed by atoms with Crippen LogP contribution < -0.4 is 5.32 Å². The molecule has 2 aromatic heterocycles. The molecule has 0 bridgehead atoms. The number of hydrogen-bond donors (Lipinski definition) is 1. The van der Waals surface area contributed by atoms with Crippen LogP contribution in [-0.4, -0.2) is 175 Å². The number of alkyl halides is 6. The third kappa shape index (κ3) is 13.6. The van der Waals surface area contributed by atoms with Gasteiger partial charge >= 0.3 is 6.09 Å². The number of benzene rings is 1. The Kier molecular flexibility index (Phi) is 18.1. The molecule has 8 fully saturated rings. The summed E-state index contributed by atoms with van der Waals surface area (Å²) < 4.78 is 105. The molecular formula is C60H86F6N10O6. The van der Waals surface area contributed by atoms with Gasteiger partial charge in [-0.2, -0.15) is 9.97 Å². The van der Waals surface area contributed by atoms with E-state index in [-0.39, 0.29) is 91.9 Å². The highest BCUT2D eigenvalue weighted by Crippen LogP contribution is 2.48. The number of likely N-dealkylation sites (tertiary alicyclic amines) is 4. The first-order chi connectivity index (χ1) is 39.0. The molecule has 8 aliphatic rings. The SMILES string of the molecule is CC(C)N1CC[C@H](N(C(=O)OCc2ccccc2)[C@H]2CCCC(F)(F)[C@@H]2CC(=O)N2CCC(C)(c3noc([C@@H]4C[C@@H]4F)n3)CC2)C1.CC(C)N1CC[C@H](N[C@H]2CCCC(F)(F)[C@@H]2CC(=O)N2CCC(C)(c3noc([C@@H]4C[C@@H]4F)n3)CC2)C1. The number of carbonyl (C=O) groups is 3. The summed E-state index contributed by atoms with van der Waals surface area (Å²) in [6.45, 7) is 17.4. The van der Waals surface area contributed by atoms with E-state index in [9.17, 15) is 23.2 Å². The molecule has 0 radical (unpaired) electrons. The van der Waals surface area contributed by atoms with Crippen molar-refractivity contribution >= 4 is 17.9 Å². The first-order valence-electron chi connectivity index (χ1n) is 30.5. The van der Waals surface area contributed by atoms with Gasteiger partial charge in [0.1, 0.15) is 19.0 Å². The van der Waals surface area contributed by atoms with Crippen LogP contribution in [0.2, 0.25) is 0 Å². The quantitative estimate of drug-likeness (QED) is 0.135. The topological polar surface area (TPSA) is 167 Å². The van der Waals surface area contributed by atoms with Crippen molar-refractivity contribution in [3.05, 3.63) is 59.3 Å². The molecule has 0 spiro atoms. The fraction of sp³-hybridized carbons (Fsp3) is 0.783. The van der Waals surface area contributed by atoms with E-state index in [1.54, 1.807) is 14.7 Å². The number of amides is 3. The highest BCUT2D eigenvalue weighted by atomic mass is 19.3. The molecule has 4 saturated carbocycles. The van der Waals surface area contributed by atoms with E-state index in [1.807, 2.05) is 44.2 Å². The number of halogens is 6. The maximum atomic E-state index is 15.8. The molecule has 22 heteroatoms. The van der Waals surface area contributed by atoms with E-state index in [0.717, 1.165) is 31.6 Å². The van der Waals surface area contributed by atoms with E-state index < -0.39 is 53.6 Å². The second kappa shape index (κ2) is 24.6. The summed E-state index contributed by atoms with van der Waals surface area (Å²) in [5.41, 5.74) is -0.0104. The Bertz CT molecular complexity index is 2650. The summed E-state index contributed by atoms with van der Waals surface area (Å²) in [5, 5.41) is 11.7. The average molecular weight is 1160 g/mol. The number of carbonyl (C=O) groups excluding carboxylic acids is 3. The van der Waals surface area contributed by atoms with Crippen molar-refractivity contribution in [2.24, 2.45) is 11.8 Å². The molecule has 11 rings (SSSR count). The highest BCUT2D eigenvalue weighted by Gasteiger charge is 2.54. The number of nitrogens with zero attached hydrogens (tertiary/aromatic N) is 9. The third-order valence-electron chi connectivity index (χ3n) is 19.8. The van der Waals surface area contributed by atoms with Gasteiger partial charge in [-0.25, -0.2) is 31.1 Å². The zero-order chi connectivity index (χ0) is 58.3. The lowest BCUT2D eigenvalue weighted by molar-refractivity contribution is -0.150. The summed E-state index contributed by atoms with van der Waals surface area (Å²) in [6, 6.07) is 8.78. The van der Waals surface area contributed by atoms with Crippen molar-refractivity contribution in [1.29, 1.82) is 0 Å². The van der Waals surface area contributed by atoms with Gasteiger partial charge < -0.3 is 33.8 Å². The maximum absolute atomic E-state index is 15.8. The molecular weight excluding hydrogens is 1070 g/mol. The van der Waals surface area contributed by atoms with E-state index in [4.69, 9.17) is 13.8 Å². The molecule has 1 N–H and O–H groups in total. The van der Waals surface area contributed by atoms with Crippen molar-refractivity contribution in [3.63, 3.8) is 0 Å². The Labute approximate surface area is 478 Å². The van der Waals surface area contributed by atoms with Gasteiger partial charge in [0, 0.05) is 124 Å². The Morgan fingerprint density at radius 1 is 0.671 bits per heavy atom. The van der Waals surface area contributed by atoms with Crippen LogP contribution in [0, 0.1) is 11.8 Å². The van der Waals surface area contributed by atoms with Gasteiger partial charge in [0.15, 0.2) is 11.6 Å². The minimum absolute atomic E-state index is 0.0485. The Hall–Kier alpha value is -4.83. The minimum Gasteiger partial charge on any atom is -0.445 e. The van der Waals surface area contributed by atoms with Gasteiger partial charge in [-0.15, -0.1) is 0 Å². The zero-order valence-corrected chi connectivity index (χ0v) is 48.7. The predicted octanol–water partition coefficient (Wildman–Crippen LogP) is 10.1. The van der Waals surface area contributed by atoms with Crippen molar-refractivity contribution in [2.75, 3.05) is 52.4 Å². The summed E-state index contributed by atoms with van der Waals surface area (Å²) in [4.78, 5) is 59.2. The zero-order valence-electron chi connectivity index (χ0n) is 48.7. The molecule has 3 aromatic rings. The Morgan fingerprint density at radius 2 is 1.16 bits per heavy atom. The number of ether oxygens (including phenoxy) is 1. The maximum Gasteiger partial charge on any atom is 0.410 e. The second-order valence-corrected chi connectivity index (χ2v) is 26.3. The van der Waals surface area contributed by atoms with Crippen molar-refractivity contribution < 1.29 is 54.5 Å². The Morgan fingerprint density at radius 3 is 1.66 bits per heavy atom. The average Bonchev–Trinajstić information content (AvgIpc) is 3.31. The molecule has 82 heavy (non-hydrogen) atoms. The molecule has 1 aromatic carbocycles. The molecule has 454 valence electrons. The first-order valence-corrected chi connectivity index (χ1v) is 30.5. The normalized spacial score (nSPS) is 31.4. The third-order valence-corrected chi connectivity index (χ3v) is 19.8. The van der Waals surface area contributed by atoms with Gasteiger partial charge in [-0.05, 0) is 117 Å². The van der Waals surface area contributed by atoms with Gasteiger partial charge in [-0.1, -0.05) is 54.5 Å². The van der Waals surface area contributed by atoms with Crippen LogP contribution in [0.5, 0.6) is 0 Å². The minimum atomic E-state index is -3.10. The molecule has 4 saturated heterocycles. The summed E-state index contributed by atoms with van der Waals surface area (Å²) in [7, 11) is 0. The van der Waals surface area contributed by atoms with Crippen LogP contribution in [0.25, 0.3) is 0 Å².